The maximum Gasteiger partial charge on any atom is 0.244 e. The van der Waals surface area contributed by atoms with Crippen LogP contribution in [0, 0.1) is 0 Å². The van der Waals surface area contributed by atoms with E-state index in [1.807, 2.05) is 48.7 Å². The molecule has 5 heteroatoms. The minimum Gasteiger partial charge on any atom is -0.356 e. The van der Waals surface area contributed by atoms with Gasteiger partial charge in [-0.2, -0.15) is 0 Å². The zero-order chi connectivity index (χ0) is 17.5. The number of carbonyl (C=O) groups excluding carboxylic acids is 1. The van der Waals surface area contributed by atoms with Crippen LogP contribution in [-0.2, 0) is 11.3 Å². The van der Waals surface area contributed by atoms with E-state index in [9.17, 15) is 4.79 Å². The zero-order valence-corrected chi connectivity index (χ0v) is 15.7. The lowest BCUT2D eigenvalue weighted by atomic mass is 10.1. The first-order chi connectivity index (χ1) is 12.2. The second-order valence-electron chi connectivity index (χ2n) is 6.11. The summed E-state index contributed by atoms with van der Waals surface area (Å²) in [6.45, 7) is 2.57. The van der Waals surface area contributed by atoms with Crippen molar-refractivity contribution in [3.05, 3.63) is 64.3 Å². The van der Waals surface area contributed by atoms with Crippen LogP contribution in [0.2, 0.25) is 0 Å². The van der Waals surface area contributed by atoms with Crippen molar-refractivity contribution in [2.24, 2.45) is 0 Å². The minimum absolute atomic E-state index is 0.107. The van der Waals surface area contributed by atoms with Crippen LogP contribution in [0.4, 0.5) is 5.82 Å². The van der Waals surface area contributed by atoms with Crippen molar-refractivity contribution in [3.8, 4) is 0 Å². The van der Waals surface area contributed by atoms with E-state index in [-0.39, 0.29) is 5.91 Å². The smallest absolute Gasteiger partial charge is 0.244 e. The average molecular weight is 400 g/mol. The molecule has 0 unspecified atom stereocenters. The first-order valence-corrected chi connectivity index (χ1v) is 9.42. The highest BCUT2D eigenvalue weighted by Crippen LogP contribution is 2.21. The van der Waals surface area contributed by atoms with Crippen molar-refractivity contribution in [3.63, 3.8) is 0 Å². The zero-order valence-electron chi connectivity index (χ0n) is 14.1. The molecule has 25 heavy (non-hydrogen) atoms. The molecule has 4 nitrogen and oxygen atoms in total. The fourth-order valence-electron chi connectivity index (χ4n) is 2.98. The van der Waals surface area contributed by atoms with Crippen LogP contribution < -0.4 is 10.2 Å². The van der Waals surface area contributed by atoms with Gasteiger partial charge in [0.05, 0.1) is 0 Å². The Hall–Kier alpha value is -2.14. The lowest BCUT2D eigenvalue weighted by Crippen LogP contribution is -2.32. The third kappa shape index (κ3) is 4.92. The van der Waals surface area contributed by atoms with E-state index in [1.54, 1.807) is 6.08 Å². The quantitative estimate of drug-likeness (QED) is 0.767. The van der Waals surface area contributed by atoms with Crippen LogP contribution in [0.15, 0.2) is 53.1 Å². The Kier molecular flexibility index (Phi) is 6.23. The first kappa shape index (κ1) is 17.7. The molecule has 130 valence electrons. The second-order valence-corrected chi connectivity index (χ2v) is 6.96. The number of carbonyl (C=O) groups is 1. The topological polar surface area (TPSA) is 45.2 Å². The molecule has 0 saturated carbocycles. The molecule has 1 amide bonds. The summed E-state index contributed by atoms with van der Waals surface area (Å²) < 4.78 is 0.971. The van der Waals surface area contributed by atoms with Crippen molar-refractivity contribution in [1.82, 2.24) is 10.3 Å². The predicted octanol–water partition coefficient (Wildman–Crippen LogP) is 4.16. The number of nitrogens with one attached hydrogen (secondary N) is 1. The first-order valence-electron chi connectivity index (χ1n) is 8.63. The summed E-state index contributed by atoms with van der Waals surface area (Å²) in [5.74, 6) is 0.890. The maximum atomic E-state index is 12.1. The molecule has 1 fully saturated rings. The molecule has 0 atom stereocenters. The molecule has 1 aliphatic rings. The lowest BCUT2D eigenvalue weighted by Gasteiger charge is -2.29. The van der Waals surface area contributed by atoms with Gasteiger partial charge in [0.2, 0.25) is 5.91 Å². The van der Waals surface area contributed by atoms with E-state index in [4.69, 9.17) is 0 Å². The molecular weight excluding hydrogens is 378 g/mol. The average Bonchev–Trinajstić information content (AvgIpc) is 2.66. The molecule has 1 N–H and O–H groups in total. The van der Waals surface area contributed by atoms with E-state index in [0.29, 0.717) is 6.54 Å². The Morgan fingerprint density at radius 1 is 1.16 bits per heavy atom. The van der Waals surface area contributed by atoms with Gasteiger partial charge < -0.3 is 10.2 Å². The SMILES string of the molecule is O=C(/C=C/c1ccccc1Br)NCc1cccnc1N1CCCCC1. The normalized spacial score (nSPS) is 14.7. The molecule has 0 bridgehead atoms. The molecule has 0 spiro atoms. The number of benzene rings is 1. The summed E-state index contributed by atoms with van der Waals surface area (Å²) in [5, 5.41) is 2.96. The highest BCUT2D eigenvalue weighted by atomic mass is 79.9. The number of piperidine rings is 1. The number of hydrogen-bond acceptors (Lipinski definition) is 3. The highest BCUT2D eigenvalue weighted by Gasteiger charge is 2.15. The van der Waals surface area contributed by atoms with Crippen molar-refractivity contribution >= 4 is 33.7 Å². The van der Waals surface area contributed by atoms with Crippen molar-refractivity contribution < 1.29 is 4.79 Å². The standard InChI is InChI=1S/C20H22BrN3O/c21-18-9-3-2-7-16(18)10-11-19(25)23-15-17-8-6-12-22-20(17)24-13-4-1-5-14-24/h2-3,6-12H,1,4-5,13-15H2,(H,23,25)/b11-10+. The van der Waals surface area contributed by atoms with Crippen LogP contribution in [0.5, 0.6) is 0 Å². The van der Waals surface area contributed by atoms with Gasteiger partial charge in [-0.25, -0.2) is 4.98 Å². The number of aromatic nitrogens is 1. The molecule has 0 aliphatic carbocycles. The fraction of sp³-hybridized carbons (Fsp3) is 0.300. The highest BCUT2D eigenvalue weighted by molar-refractivity contribution is 9.10. The third-order valence-corrected chi connectivity index (χ3v) is 5.02. The maximum absolute atomic E-state index is 12.1. The van der Waals surface area contributed by atoms with Gasteiger partial charge in [0.25, 0.3) is 0 Å². The summed E-state index contributed by atoms with van der Waals surface area (Å²) in [7, 11) is 0. The van der Waals surface area contributed by atoms with Gasteiger partial charge in [0.1, 0.15) is 5.82 Å². The van der Waals surface area contributed by atoms with Crippen LogP contribution in [0.3, 0.4) is 0 Å². The van der Waals surface area contributed by atoms with E-state index in [2.05, 4.69) is 31.1 Å². The molecule has 0 radical (unpaired) electrons. The molecule has 1 aliphatic heterocycles. The number of pyridine rings is 1. The van der Waals surface area contributed by atoms with Crippen LogP contribution >= 0.6 is 15.9 Å². The molecule has 3 rings (SSSR count). The van der Waals surface area contributed by atoms with Crippen LogP contribution in [0.1, 0.15) is 30.4 Å². The van der Waals surface area contributed by atoms with E-state index in [1.165, 1.54) is 19.3 Å². The third-order valence-electron chi connectivity index (χ3n) is 4.30. The summed E-state index contributed by atoms with van der Waals surface area (Å²) >= 11 is 3.48. The monoisotopic (exact) mass is 399 g/mol. The van der Waals surface area contributed by atoms with Gasteiger partial charge in [-0.1, -0.05) is 40.2 Å². The summed E-state index contributed by atoms with van der Waals surface area (Å²) in [4.78, 5) is 19.0. The van der Waals surface area contributed by atoms with Crippen LogP contribution in [-0.4, -0.2) is 24.0 Å². The number of rotatable bonds is 5. The summed E-state index contributed by atoms with van der Waals surface area (Å²) in [5.41, 5.74) is 2.04. The largest absolute Gasteiger partial charge is 0.356 e. The minimum atomic E-state index is -0.107. The summed E-state index contributed by atoms with van der Waals surface area (Å²) in [6.07, 6.45) is 8.90. The van der Waals surface area contributed by atoms with Gasteiger partial charge in [0.15, 0.2) is 0 Å². The van der Waals surface area contributed by atoms with Gasteiger partial charge in [0, 0.05) is 41.9 Å². The second kappa shape index (κ2) is 8.81. The van der Waals surface area contributed by atoms with Crippen molar-refractivity contribution in [1.29, 1.82) is 0 Å². The van der Waals surface area contributed by atoms with E-state index in [0.717, 1.165) is 34.5 Å². The molecule has 1 saturated heterocycles. The molecular formula is C20H22BrN3O. The van der Waals surface area contributed by atoms with E-state index < -0.39 is 0 Å². The number of hydrogen-bond donors (Lipinski definition) is 1. The molecule has 1 aromatic heterocycles. The number of amides is 1. The van der Waals surface area contributed by atoms with Crippen LogP contribution in [0.25, 0.3) is 6.08 Å². The Morgan fingerprint density at radius 3 is 2.76 bits per heavy atom. The van der Waals surface area contributed by atoms with Crippen molar-refractivity contribution in [2.75, 3.05) is 18.0 Å². The van der Waals surface area contributed by atoms with Gasteiger partial charge in [-0.05, 0) is 43.0 Å². The lowest BCUT2D eigenvalue weighted by molar-refractivity contribution is -0.116. The van der Waals surface area contributed by atoms with Crippen molar-refractivity contribution in [2.45, 2.75) is 25.8 Å². The Bertz CT molecular complexity index is 754. The Labute approximate surface area is 157 Å². The molecule has 2 aromatic rings. The molecule has 1 aromatic carbocycles. The van der Waals surface area contributed by atoms with Gasteiger partial charge in [-0.15, -0.1) is 0 Å². The van der Waals surface area contributed by atoms with Gasteiger partial charge >= 0.3 is 0 Å². The Balaban J connectivity index is 1.61. The number of anilines is 1. The summed E-state index contributed by atoms with van der Waals surface area (Å²) in [6, 6.07) is 11.8. The molecule has 2 heterocycles. The fourth-order valence-corrected chi connectivity index (χ4v) is 3.39. The van der Waals surface area contributed by atoms with Gasteiger partial charge in [-0.3, -0.25) is 4.79 Å². The number of halogens is 1. The Morgan fingerprint density at radius 2 is 1.96 bits per heavy atom. The van der Waals surface area contributed by atoms with E-state index >= 15 is 0 Å². The predicted molar refractivity (Wildman–Crippen MR) is 105 cm³/mol. The number of nitrogens with zero attached hydrogens (tertiary/aromatic N) is 2.